The molecule has 2 heterocycles. The Kier molecular flexibility index (Phi) is 5.21. The van der Waals surface area contributed by atoms with Gasteiger partial charge in [-0.1, -0.05) is 6.07 Å². The summed E-state index contributed by atoms with van der Waals surface area (Å²) in [5.41, 5.74) is 0.687. The number of carbonyl (C=O) groups excluding carboxylic acids is 2. The van der Waals surface area contributed by atoms with E-state index in [-0.39, 0.29) is 11.6 Å². The van der Waals surface area contributed by atoms with Crippen molar-refractivity contribution in [3.63, 3.8) is 0 Å². The zero-order valence-electron chi connectivity index (χ0n) is 14.2. The first-order chi connectivity index (χ1) is 12.5. The molecule has 1 aromatic heterocycles. The number of pyridine rings is 1. The molecule has 8 nitrogen and oxygen atoms in total. The number of hydrogen-bond acceptors (Lipinski definition) is 6. The number of likely N-dealkylation sites (N-methyl/N-ethyl adjacent to an activating group) is 1. The highest BCUT2D eigenvalue weighted by Crippen LogP contribution is 2.31. The van der Waals surface area contributed by atoms with Crippen LogP contribution in [0.3, 0.4) is 0 Å². The van der Waals surface area contributed by atoms with E-state index in [1.807, 2.05) is 12.1 Å². The Morgan fingerprint density at radius 3 is 2.73 bits per heavy atom. The fourth-order valence-corrected chi connectivity index (χ4v) is 2.45. The average molecular weight is 358 g/mol. The van der Waals surface area contributed by atoms with Crippen LogP contribution in [-0.4, -0.2) is 43.6 Å². The van der Waals surface area contributed by atoms with Crippen molar-refractivity contribution in [3.8, 4) is 11.5 Å². The van der Waals surface area contributed by atoms with E-state index in [0.29, 0.717) is 36.0 Å². The highest BCUT2D eigenvalue weighted by atomic mass is 16.6. The highest BCUT2D eigenvalue weighted by molar-refractivity contribution is 5.88. The van der Waals surface area contributed by atoms with Crippen LogP contribution in [0.5, 0.6) is 11.5 Å². The summed E-state index contributed by atoms with van der Waals surface area (Å²) in [4.78, 5) is 25.5. The van der Waals surface area contributed by atoms with Crippen LogP contribution in [0.4, 0.5) is 0 Å². The van der Waals surface area contributed by atoms with E-state index in [0.717, 1.165) is 5.56 Å². The Balaban J connectivity index is 1.55. The quantitative estimate of drug-likeness (QED) is 0.448. The molecule has 0 saturated heterocycles. The Labute approximate surface area is 150 Å². The zero-order chi connectivity index (χ0) is 18.5. The predicted molar refractivity (Wildman–Crippen MR) is 89.6 cm³/mol. The van der Waals surface area contributed by atoms with E-state index in [2.05, 4.69) is 0 Å². The summed E-state index contributed by atoms with van der Waals surface area (Å²) in [5, 5.41) is 11.5. The number of amides is 1. The van der Waals surface area contributed by atoms with Crippen LogP contribution in [0, 0.1) is 5.21 Å². The number of benzene rings is 1. The lowest BCUT2D eigenvalue weighted by Gasteiger charge is -2.21. The Morgan fingerprint density at radius 1 is 1.19 bits per heavy atom. The molecule has 2 aromatic rings. The second-order valence-corrected chi connectivity index (χ2v) is 5.72. The third-order valence-electron chi connectivity index (χ3n) is 3.81. The average Bonchev–Trinajstić information content (AvgIpc) is 2.66. The van der Waals surface area contributed by atoms with Gasteiger partial charge in [-0.25, -0.2) is 4.79 Å². The van der Waals surface area contributed by atoms with E-state index in [4.69, 9.17) is 14.2 Å². The van der Waals surface area contributed by atoms with Crippen molar-refractivity contribution < 1.29 is 28.5 Å². The summed E-state index contributed by atoms with van der Waals surface area (Å²) < 4.78 is 16.3. The number of fused-ring (bicyclic) bond motifs is 1. The van der Waals surface area contributed by atoms with Gasteiger partial charge in [-0.2, -0.15) is 4.73 Å². The van der Waals surface area contributed by atoms with E-state index in [9.17, 15) is 14.8 Å². The molecular weight excluding hydrogens is 340 g/mol. The van der Waals surface area contributed by atoms with Crippen molar-refractivity contribution >= 4 is 11.9 Å². The van der Waals surface area contributed by atoms with Gasteiger partial charge in [-0.05, 0) is 23.8 Å². The first-order valence-electron chi connectivity index (χ1n) is 8.02. The number of hydrogen-bond donors (Lipinski definition) is 0. The van der Waals surface area contributed by atoms with Crippen LogP contribution in [0.15, 0.2) is 42.6 Å². The number of ether oxygens (including phenoxy) is 3. The van der Waals surface area contributed by atoms with E-state index >= 15 is 0 Å². The van der Waals surface area contributed by atoms with E-state index in [1.54, 1.807) is 19.2 Å². The molecule has 1 amide bonds. The van der Waals surface area contributed by atoms with E-state index in [1.165, 1.54) is 23.2 Å². The standard InChI is InChI=1S/C18H18N2O6/c1-19(11-13-5-6-15-16(10-13)25-9-8-24-15)17(21)12-26-18(22)14-4-2-3-7-20(14)23/h2-7,10H,8-9,11-12H2,1H3. The van der Waals surface area contributed by atoms with E-state index < -0.39 is 12.6 Å². The lowest BCUT2D eigenvalue weighted by Crippen LogP contribution is -2.36. The largest absolute Gasteiger partial charge is 0.618 e. The van der Waals surface area contributed by atoms with Gasteiger partial charge in [0.25, 0.3) is 5.91 Å². The minimum absolute atomic E-state index is 0.171. The molecule has 0 saturated carbocycles. The summed E-state index contributed by atoms with van der Waals surface area (Å²) in [6.07, 6.45) is 1.19. The number of carbonyl (C=O) groups is 2. The van der Waals surface area contributed by atoms with Crippen LogP contribution in [0.25, 0.3) is 0 Å². The van der Waals surface area contributed by atoms with Gasteiger partial charge in [0.2, 0.25) is 0 Å². The summed E-state index contributed by atoms with van der Waals surface area (Å²) in [5.74, 6) is 0.0880. The molecule has 1 aliphatic rings. The SMILES string of the molecule is CN(Cc1ccc2c(c1)OCCO2)C(=O)COC(=O)c1cccc[n+]1[O-]. The number of esters is 1. The van der Waals surface area contributed by atoms with Gasteiger partial charge in [0.15, 0.2) is 24.3 Å². The molecule has 0 bridgehead atoms. The summed E-state index contributed by atoms with van der Waals surface area (Å²) in [7, 11) is 1.60. The molecule has 136 valence electrons. The van der Waals surface area contributed by atoms with Gasteiger partial charge >= 0.3 is 11.7 Å². The van der Waals surface area contributed by atoms with Gasteiger partial charge in [-0.3, -0.25) is 4.79 Å². The number of nitrogens with zero attached hydrogens (tertiary/aromatic N) is 2. The maximum atomic E-state index is 12.2. The number of rotatable bonds is 5. The smallest absolute Gasteiger partial charge is 0.405 e. The van der Waals surface area contributed by atoms with Crippen LogP contribution >= 0.6 is 0 Å². The molecule has 0 atom stereocenters. The molecule has 0 aliphatic carbocycles. The molecule has 26 heavy (non-hydrogen) atoms. The number of aromatic nitrogens is 1. The normalized spacial score (nSPS) is 12.3. The van der Waals surface area contributed by atoms with Gasteiger partial charge in [0, 0.05) is 25.7 Å². The van der Waals surface area contributed by atoms with Gasteiger partial charge < -0.3 is 24.3 Å². The molecule has 0 fully saturated rings. The van der Waals surface area contributed by atoms with Crippen LogP contribution in [-0.2, 0) is 16.1 Å². The predicted octanol–water partition coefficient (Wildman–Crippen LogP) is 0.907. The van der Waals surface area contributed by atoms with Crippen LogP contribution in [0.1, 0.15) is 16.1 Å². The van der Waals surface area contributed by atoms with Crippen molar-refractivity contribution in [2.75, 3.05) is 26.9 Å². The molecule has 0 N–H and O–H groups in total. The van der Waals surface area contributed by atoms with Crippen LogP contribution < -0.4 is 14.2 Å². The van der Waals surface area contributed by atoms with Gasteiger partial charge in [0.1, 0.15) is 13.2 Å². The van der Waals surface area contributed by atoms with Gasteiger partial charge in [0.05, 0.1) is 0 Å². The van der Waals surface area contributed by atoms with Crippen molar-refractivity contribution in [1.29, 1.82) is 0 Å². The summed E-state index contributed by atoms with van der Waals surface area (Å²) in [6, 6.07) is 9.82. The summed E-state index contributed by atoms with van der Waals surface area (Å²) >= 11 is 0. The van der Waals surface area contributed by atoms with Crippen molar-refractivity contribution in [1.82, 2.24) is 4.90 Å². The highest BCUT2D eigenvalue weighted by Gasteiger charge is 2.20. The van der Waals surface area contributed by atoms with Crippen molar-refractivity contribution in [3.05, 3.63) is 59.1 Å². The second kappa shape index (κ2) is 7.73. The lowest BCUT2D eigenvalue weighted by atomic mass is 10.2. The third-order valence-corrected chi connectivity index (χ3v) is 3.81. The zero-order valence-corrected chi connectivity index (χ0v) is 14.2. The second-order valence-electron chi connectivity index (χ2n) is 5.72. The maximum Gasteiger partial charge on any atom is 0.405 e. The van der Waals surface area contributed by atoms with Gasteiger partial charge in [-0.15, -0.1) is 0 Å². The molecule has 3 rings (SSSR count). The summed E-state index contributed by atoms with van der Waals surface area (Å²) in [6.45, 7) is 0.871. The molecule has 1 aromatic carbocycles. The topological polar surface area (TPSA) is 92.0 Å². The molecule has 8 heteroatoms. The molecule has 1 aliphatic heterocycles. The fourth-order valence-electron chi connectivity index (χ4n) is 2.45. The molecule has 0 radical (unpaired) electrons. The Bertz CT molecular complexity index is 823. The van der Waals surface area contributed by atoms with Crippen molar-refractivity contribution in [2.45, 2.75) is 6.54 Å². The van der Waals surface area contributed by atoms with Crippen LogP contribution in [0.2, 0.25) is 0 Å². The molecule has 0 spiro atoms. The Hall–Kier alpha value is -3.29. The minimum atomic E-state index is -0.846. The third kappa shape index (κ3) is 4.02. The molecule has 0 unspecified atom stereocenters. The fraction of sp³-hybridized carbons (Fsp3) is 0.278. The minimum Gasteiger partial charge on any atom is -0.618 e. The lowest BCUT2D eigenvalue weighted by molar-refractivity contribution is -0.608. The maximum absolute atomic E-state index is 12.2. The first kappa shape index (κ1) is 17.5. The molecular formula is C18H18N2O6. The monoisotopic (exact) mass is 358 g/mol. The Morgan fingerprint density at radius 2 is 1.96 bits per heavy atom. The van der Waals surface area contributed by atoms with Crippen molar-refractivity contribution in [2.24, 2.45) is 0 Å². The first-order valence-corrected chi connectivity index (χ1v) is 8.02.